The van der Waals surface area contributed by atoms with Crippen molar-refractivity contribution in [3.63, 3.8) is 0 Å². The van der Waals surface area contributed by atoms with Crippen LogP contribution in [0.3, 0.4) is 0 Å². The van der Waals surface area contributed by atoms with Crippen LogP contribution in [-0.2, 0) is 16.1 Å². The van der Waals surface area contributed by atoms with Gasteiger partial charge >= 0.3 is 0 Å². The standard InChI is InChI=1S/C30H28Cl2F2N4O4/c31-22-3-1-2-19(26(22)32)18-8-12-37(13-9-18)24-10-11-36(16-30(24,33)34)15-17-4-5-20-21(14-17)29(42)38(28(20)41)23-6-7-25(39)35-27(23)40/h1-5,8,14,23-24H,6-7,9-13,15-16H2,(H,35,39,40). The highest BCUT2D eigenvalue weighted by atomic mass is 35.5. The molecule has 2 aromatic carbocycles. The second-order valence-corrected chi connectivity index (χ2v) is 12.0. The molecule has 2 unspecified atom stereocenters. The van der Waals surface area contributed by atoms with Crippen molar-refractivity contribution < 1.29 is 28.0 Å². The first-order chi connectivity index (χ1) is 20.0. The SMILES string of the molecule is O=C1CCC(N2C(=O)c3ccc(CN4CCC(N5CC=C(c6cccc(Cl)c6Cl)CC5)C(F)(F)C4)cc3C2=O)C(=O)N1. The molecule has 6 rings (SSSR count). The number of carbonyl (C=O) groups is 4. The van der Waals surface area contributed by atoms with E-state index in [0.29, 0.717) is 41.7 Å². The van der Waals surface area contributed by atoms with Gasteiger partial charge in [0.15, 0.2) is 0 Å². The van der Waals surface area contributed by atoms with Gasteiger partial charge in [0.1, 0.15) is 6.04 Å². The van der Waals surface area contributed by atoms with Crippen molar-refractivity contribution in [2.75, 3.05) is 26.2 Å². The molecule has 0 radical (unpaired) electrons. The fraction of sp³-hybridized carbons (Fsp3) is 0.400. The molecule has 2 fully saturated rings. The van der Waals surface area contributed by atoms with Crippen molar-refractivity contribution >= 4 is 52.4 Å². The van der Waals surface area contributed by atoms with E-state index in [-0.39, 0.29) is 36.9 Å². The normalized spacial score (nSPS) is 25.0. The van der Waals surface area contributed by atoms with Gasteiger partial charge in [-0.15, -0.1) is 0 Å². The predicted octanol–water partition coefficient (Wildman–Crippen LogP) is 4.39. The first-order valence-corrected chi connectivity index (χ1v) is 14.6. The number of nitrogens with one attached hydrogen (secondary N) is 1. The Morgan fingerprint density at radius 2 is 1.71 bits per heavy atom. The second-order valence-electron chi connectivity index (χ2n) is 11.2. The lowest BCUT2D eigenvalue weighted by Crippen LogP contribution is -2.58. The molecular weight excluding hydrogens is 589 g/mol. The molecule has 8 nitrogen and oxygen atoms in total. The summed E-state index contributed by atoms with van der Waals surface area (Å²) in [7, 11) is 0. The molecule has 4 heterocycles. The molecule has 1 N–H and O–H groups in total. The molecule has 4 aliphatic heterocycles. The van der Waals surface area contributed by atoms with Crippen LogP contribution in [0.25, 0.3) is 5.57 Å². The Labute approximate surface area is 251 Å². The number of rotatable bonds is 5. The molecule has 42 heavy (non-hydrogen) atoms. The van der Waals surface area contributed by atoms with Gasteiger partial charge in [0.25, 0.3) is 17.7 Å². The van der Waals surface area contributed by atoms with Gasteiger partial charge in [-0.05, 0) is 54.2 Å². The van der Waals surface area contributed by atoms with Gasteiger partial charge in [-0.3, -0.25) is 39.2 Å². The Morgan fingerprint density at radius 3 is 2.43 bits per heavy atom. The molecule has 2 saturated heterocycles. The third-order valence-electron chi connectivity index (χ3n) is 8.53. The van der Waals surface area contributed by atoms with E-state index in [1.54, 1.807) is 23.1 Å². The Morgan fingerprint density at radius 1 is 0.929 bits per heavy atom. The lowest BCUT2D eigenvalue weighted by Gasteiger charge is -2.44. The predicted molar refractivity (Wildman–Crippen MR) is 152 cm³/mol. The number of likely N-dealkylation sites (tertiary alicyclic amines) is 1. The van der Waals surface area contributed by atoms with Gasteiger partial charge in [0.05, 0.1) is 33.8 Å². The van der Waals surface area contributed by atoms with Crippen LogP contribution >= 0.6 is 23.2 Å². The average Bonchev–Trinajstić information content (AvgIpc) is 3.19. The fourth-order valence-electron chi connectivity index (χ4n) is 6.42. The number of nitrogens with zero attached hydrogens (tertiary/aromatic N) is 3. The molecule has 2 atom stereocenters. The summed E-state index contributed by atoms with van der Waals surface area (Å²) >= 11 is 12.5. The van der Waals surface area contributed by atoms with Gasteiger partial charge in [0.2, 0.25) is 11.8 Å². The summed E-state index contributed by atoms with van der Waals surface area (Å²) in [5.74, 6) is -5.30. The zero-order chi connectivity index (χ0) is 29.8. The maximum atomic E-state index is 15.5. The Hall–Kier alpha value is -3.18. The number of benzene rings is 2. The van der Waals surface area contributed by atoms with E-state index in [1.807, 2.05) is 23.1 Å². The largest absolute Gasteiger partial charge is 0.295 e. The highest BCUT2D eigenvalue weighted by Crippen LogP contribution is 2.37. The van der Waals surface area contributed by atoms with Crippen LogP contribution in [0.5, 0.6) is 0 Å². The Bertz CT molecular complexity index is 1530. The van der Waals surface area contributed by atoms with Gasteiger partial charge in [-0.25, -0.2) is 8.78 Å². The van der Waals surface area contributed by atoms with Crippen molar-refractivity contribution in [2.45, 2.75) is 50.2 Å². The van der Waals surface area contributed by atoms with E-state index in [1.165, 1.54) is 6.07 Å². The van der Waals surface area contributed by atoms with E-state index >= 15 is 8.78 Å². The molecule has 4 amide bonds. The Balaban J connectivity index is 1.10. The zero-order valence-corrected chi connectivity index (χ0v) is 24.1. The molecule has 0 aliphatic carbocycles. The van der Waals surface area contributed by atoms with Crippen molar-refractivity contribution in [1.82, 2.24) is 20.0 Å². The summed E-state index contributed by atoms with van der Waals surface area (Å²) in [5.41, 5.74) is 2.76. The van der Waals surface area contributed by atoms with E-state index in [0.717, 1.165) is 16.0 Å². The number of carbonyl (C=O) groups excluding carboxylic acids is 4. The Kier molecular flexibility index (Phi) is 7.67. The molecule has 0 saturated carbocycles. The lowest BCUT2D eigenvalue weighted by molar-refractivity contribution is -0.136. The number of amides is 4. The first-order valence-electron chi connectivity index (χ1n) is 13.9. The van der Waals surface area contributed by atoms with Gasteiger partial charge in [-0.2, -0.15) is 0 Å². The van der Waals surface area contributed by atoms with Crippen LogP contribution in [0, 0.1) is 0 Å². The maximum Gasteiger partial charge on any atom is 0.275 e. The number of hydrogen-bond acceptors (Lipinski definition) is 6. The smallest absolute Gasteiger partial charge is 0.275 e. The summed E-state index contributed by atoms with van der Waals surface area (Å²) in [6, 6.07) is 8.17. The third-order valence-corrected chi connectivity index (χ3v) is 9.35. The summed E-state index contributed by atoms with van der Waals surface area (Å²) in [5, 5.41) is 3.10. The minimum Gasteiger partial charge on any atom is -0.295 e. The van der Waals surface area contributed by atoms with Crippen LogP contribution in [0.15, 0.2) is 42.5 Å². The van der Waals surface area contributed by atoms with Gasteiger partial charge < -0.3 is 0 Å². The van der Waals surface area contributed by atoms with Crippen LogP contribution in [0.2, 0.25) is 10.0 Å². The van der Waals surface area contributed by atoms with E-state index in [9.17, 15) is 19.2 Å². The second kappa shape index (κ2) is 11.1. The average molecular weight is 617 g/mol. The van der Waals surface area contributed by atoms with E-state index in [4.69, 9.17) is 23.2 Å². The molecule has 0 bridgehead atoms. The fourth-order valence-corrected chi connectivity index (χ4v) is 6.84. The van der Waals surface area contributed by atoms with E-state index < -0.39 is 48.2 Å². The van der Waals surface area contributed by atoms with Gasteiger partial charge in [-0.1, -0.05) is 47.5 Å². The zero-order valence-electron chi connectivity index (χ0n) is 22.5. The monoisotopic (exact) mass is 616 g/mol. The maximum absolute atomic E-state index is 15.5. The molecule has 0 aromatic heterocycles. The first kappa shape index (κ1) is 28.9. The highest BCUT2D eigenvalue weighted by Gasteiger charge is 2.48. The molecule has 12 heteroatoms. The highest BCUT2D eigenvalue weighted by molar-refractivity contribution is 6.43. The summed E-state index contributed by atoms with van der Waals surface area (Å²) in [4.78, 5) is 54.3. The van der Waals surface area contributed by atoms with Crippen molar-refractivity contribution in [2.24, 2.45) is 0 Å². The van der Waals surface area contributed by atoms with Crippen molar-refractivity contribution in [1.29, 1.82) is 0 Å². The van der Waals surface area contributed by atoms with Crippen molar-refractivity contribution in [3.8, 4) is 0 Å². The van der Waals surface area contributed by atoms with Crippen molar-refractivity contribution in [3.05, 3.63) is 74.8 Å². The van der Waals surface area contributed by atoms with Crippen LogP contribution < -0.4 is 5.32 Å². The third kappa shape index (κ3) is 5.25. The number of fused-ring (bicyclic) bond motifs is 1. The number of alkyl halides is 2. The number of hydrogen-bond donors (Lipinski definition) is 1. The summed E-state index contributed by atoms with van der Waals surface area (Å²) in [6.45, 7) is 1.08. The van der Waals surface area contributed by atoms with E-state index in [2.05, 4.69) is 5.32 Å². The molecule has 220 valence electrons. The summed E-state index contributed by atoms with van der Waals surface area (Å²) in [6.07, 6.45) is 2.91. The topological polar surface area (TPSA) is 90.0 Å². The quantitative estimate of drug-likeness (QED) is 0.501. The molecule has 0 spiro atoms. The lowest BCUT2D eigenvalue weighted by atomic mass is 9.94. The number of imide groups is 2. The van der Waals surface area contributed by atoms with Gasteiger partial charge in [0, 0.05) is 32.6 Å². The minimum absolute atomic E-state index is 0.0321. The molecule has 4 aliphatic rings. The number of halogens is 4. The number of piperidine rings is 2. The molecule has 2 aromatic rings. The summed E-state index contributed by atoms with van der Waals surface area (Å²) < 4.78 is 31.0. The van der Waals surface area contributed by atoms with Crippen LogP contribution in [0.4, 0.5) is 8.78 Å². The minimum atomic E-state index is -2.96. The van der Waals surface area contributed by atoms with Crippen LogP contribution in [0.1, 0.15) is 57.5 Å². The van der Waals surface area contributed by atoms with Crippen LogP contribution in [-0.4, -0.2) is 82.5 Å². The molecular formula is C30H28Cl2F2N4O4.